The molecule has 0 aromatic carbocycles. The van der Waals surface area contributed by atoms with Crippen LogP contribution < -0.4 is 0 Å². The Morgan fingerprint density at radius 3 is 2.10 bits per heavy atom. The molecule has 1 aliphatic heterocycles. The minimum absolute atomic E-state index is 0.509. The Morgan fingerprint density at radius 2 is 1.70 bits per heavy atom. The van der Waals surface area contributed by atoms with E-state index >= 15 is 0 Å². The van der Waals surface area contributed by atoms with Crippen molar-refractivity contribution in [1.82, 2.24) is 0 Å². The van der Waals surface area contributed by atoms with E-state index in [1.165, 1.54) is 12.8 Å². The summed E-state index contributed by atoms with van der Waals surface area (Å²) >= 11 is 0. The number of hydrogen-bond acceptors (Lipinski definition) is 2. The minimum Gasteiger partial charge on any atom is -0.163 e. The van der Waals surface area contributed by atoms with E-state index in [0.29, 0.717) is 5.92 Å². The van der Waals surface area contributed by atoms with Crippen LogP contribution in [0.1, 0.15) is 26.7 Å². The van der Waals surface area contributed by atoms with Gasteiger partial charge in [-0.15, -0.1) is 0 Å². The van der Waals surface area contributed by atoms with E-state index in [1.54, 1.807) is 0 Å². The lowest BCUT2D eigenvalue weighted by Gasteiger charge is -2.13. The highest BCUT2D eigenvalue weighted by atomic mass is 15.2. The first-order chi connectivity index (χ1) is 4.88. The molecule has 0 unspecified atom stereocenters. The third-order valence-corrected chi connectivity index (χ3v) is 2.14. The summed E-state index contributed by atoms with van der Waals surface area (Å²) < 4.78 is 0. The van der Waals surface area contributed by atoms with Gasteiger partial charge in [0.1, 0.15) is 0 Å². The normalized spacial score (nSPS) is 17.5. The Balaban J connectivity index is 2.45. The van der Waals surface area contributed by atoms with E-state index in [2.05, 4.69) is 24.1 Å². The van der Waals surface area contributed by atoms with E-state index in [0.717, 1.165) is 5.92 Å². The fourth-order valence-electron chi connectivity index (χ4n) is 1.35. The van der Waals surface area contributed by atoms with E-state index in [9.17, 15) is 0 Å². The second-order valence-electron chi connectivity index (χ2n) is 2.68. The van der Waals surface area contributed by atoms with Gasteiger partial charge in [-0.2, -0.15) is 10.2 Å². The lowest BCUT2D eigenvalue weighted by Crippen LogP contribution is -2.13. The molecule has 0 aromatic rings. The average molecular weight is 138 g/mol. The Labute approximate surface area is 62.0 Å². The van der Waals surface area contributed by atoms with Gasteiger partial charge in [-0.05, 0) is 5.92 Å². The van der Waals surface area contributed by atoms with E-state index in [1.807, 2.05) is 12.4 Å². The predicted molar refractivity (Wildman–Crippen MR) is 44.5 cm³/mol. The molecule has 1 rings (SSSR count). The predicted octanol–water partition coefficient (Wildman–Crippen LogP) is 2.11. The van der Waals surface area contributed by atoms with Gasteiger partial charge in [0, 0.05) is 18.3 Å². The highest BCUT2D eigenvalue weighted by molar-refractivity contribution is 5.87. The third kappa shape index (κ3) is 1.43. The summed E-state index contributed by atoms with van der Waals surface area (Å²) in [6, 6.07) is 0. The summed E-state index contributed by atoms with van der Waals surface area (Å²) in [4.78, 5) is 0. The molecule has 0 N–H and O–H groups in total. The molecule has 2 heteroatoms. The van der Waals surface area contributed by atoms with Crippen LogP contribution in [0.15, 0.2) is 10.2 Å². The summed E-state index contributed by atoms with van der Waals surface area (Å²) in [6.07, 6.45) is 6.33. The molecular weight excluding hydrogens is 124 g/mol. The molecule has 0 atom stereocenters. The van der Waals surface area contributed by atoms with Crippen molar-refractivity contribution >= 4 is 12.4 Å². The fraction of sp³-hybridized carbons (Fsp3) is 0.750. The van der Waals surface area contributed by atoms with Gasteiger partial charge in [0.2, 0.25) is 0 Å². The zero-order valence-electron chi connectivity index (χ0n) is 6.62. The van der Waals surface area contributed by atoms with Crippen LogP contribution in [0.4, 0.5) is 0 Å². The largest absolute Gasteiger partial charge is 0.163 e. The lowest BCUT2D eigenvalue weighted by atomic mass is 9.90. The van der Waals surface area contributed by atoms with Crippen molar-refractivity contribution in [2.45, 2.75) is 26.7 Å². The van der Waals surface area contributed by atoms with Crippen molar-refractivity contribution in [2.24, 2.45) is 22.0 Å². The molecule has 1 aliphatic rings. The molecular formula is C8H14N2. The van der Waals surface area contributed by atoms with Gasteiger partial charge in [0.25, 0.3) is 0 Å². The highest BCUT2D eigenvalue weighted by Crippen LogP contribution is 2.18. The molecule has 10 heavy (non-hydrogen) atoms. The van der Waals surface area contributed by atoms with E-state index < -0.39 is 0 Å². The maximum atomic E-state index is 3.83. The maximum absolute atomic E-state index is 3.83. The summed E-state index contributed by atoms with van der Waals surface area (Å²) in [5.74, 6) is 1.25. The molecule has 0 bridgehead atoms. The number of hydrogen-bond donors (Lipinski definition) is 0. The molecule has 0 amide bonds. The van der Waals surface area contributed by atoms with Gasteiger partial charge in [-0.25, -0.2) is 0 Å². The molecule has 0 saturated heterocycles. The Morgan fingerprint density at radius 1 is 1.20 bits per heavy atom. The quantitative estimate of drug-likeness (QED) is 0.570. The summed E-state index contributed by atoms with van der Waals surface area (Å²) in [7, 11) is 0. The minimum atomic E-state index is 0.509. The standard InChI is InChI=1S/C8H14N2/c1-3-7(4-2)8-5-9-10-6-8/h5-8H,3-4H2,1-2H3. The highest BCUT2D eigenvalue weighted by Gasteiger charge is 2.16. The lowest BCUT2D eigenvalue weighted by molar-refractivity contribution is 0.471. The Hall–Kier alpha value is -0.660. The van der Waals surface area contributed by atoms with Crippen LogP contribution in [0, 0.1) is 11.8 Å². The molecule has 0 saturated carbocycles. The van der Waals surface area contributed by atoms with Gasteiger partial charge in [-0.1, -0.05) is 26.7 Å². The summed E-state index contributed by atoms with van der Waals surface area (Å²) in [5, 5.41) is 7.65. The zero-order valence-corrected chi connectivity index (χ0v) is 6.62. The van der Waals surface area contributed by atoms with Crippen LogP contribution in [0.25, 0.3) is 0 Å². The smallest absolute Gasteiger partial charge is 0.0362 e. The molecule has 2 nitrogen and oxygen atoms in total. The maximum Gasteiger partial charge on any atom is 0.0362 e. The average Bonchev–Trinajstić information content (AvgIpc) is 2.43. The fourth-order valence-corrected chi connectivity index (χ4v) is 1.35. The van der Waals surface area contributed by atoms with E-state index in [-0.39, 0.29) is 0 Å². The van der Waals surface area contributed by atoms with Gasteiger partial charge in [-0.3, -0.25) is 0 Å². The van der Waals surface area contributed by atoms with Crippen molar-refractivity contribution in [1.29, 1.82) is 0 Å². The van der Waals surface area contributed by atoms with Crippen LogP contribution in [0.5, 0.6) is 0 Å². The molecule has 0 radical (unpaired) electrons. The van der Waals surface area contributed by atoms with Gasteiger partial charge < -0.3 is 0 Å². The molecule has 0 aromatic heterocycles. The Kier molecular flexibility index (Phi) is 2.60. The first-order valence-corrected chi connectivity index (χ1v) is 3.95. The van der Waals surface area contributed by atoms with Crippen LogP contribution in [0.3, 0.4) is 0 Å². The molecule has 1 heterocycles. The summed E-state index contributed by atoms with van der Waals surface area (Å²) in [6.45, 7) is 4.43. The van der Waals surface area contributed by atoms with Crippen molar-refractivity contribution in [3.8, 4) is 0 Å². The third-order valence-electron chi connectivity index (χ3n) is 2.14. The van der Waals surface area contributed by atoms with Crippen LogP contribution >= 0.6 is 0 Å². The number of rotatable bonds is 3. The van der Waals surface area contributed by atoms with Crippen molar-refractivity contribution < 1.29 is 0 Å². The molecule has 0 aliphatic carbocycles. The first-order valence-electron chi connectivity index (χ1n) is 3.95. The molecule has 56 valence electrons. The first kappa shape index (κ1) is 7.45. The van der Waals surface area contributed by atoms with Crippen molar-refractivity contribution in [3.63, 3.8) is 0 Å². The monoisotopic (exact) mass is 138 g/mol. The second-order valence-corrected chi connectivity index (χ2v) is 2.68. The number of nitrogens with zero attached hydrogens (tertiary/aromatic N) is 2. The van der Waals surface area contributed by atoms with Gasteiger partial charge in [0.05, 0.1) is 0 Å². The van der Waals surface area contributed by atoms with Crippen LogP contribution in [-0.4, -0.2) is 12.4 Å². The SMILES string of the molecule is CCC(CC)C1C=NN=C1. The molecule has 0 spiro atoms. The van der Waals surface area contributed by atoms with Gasteiger partial charge in [0.15, 0.2) is 0 Å². The molecule has 0 fully saturated rings. The zero-order chi connectivity index (χ0) is 7.40. The van der Waals surface area contributed by atoms with Crippen molar-refractivity contribution in [2.75, 3.05) is 0 Å². The summed E-state index contributed by atoms with van der Waals surface area (Å²) in [5.41, 5.74) is 0. The topological polar surface area (TPSA) is 24.7 Å². The Bertz CT molecular complexity index is 133. The van der Waals surface area contributed by atoms with Crippen molar-refractivity contribution in [3.05, 3.63) is 0 Å². The van der Waals surface area contributed by atoms with E-state index in [4.69, 9.17) is 0 Å². The van der Waals surface area contributed by atoms with Gasteiger partial charge >= 0.3 is 0 Å². The van der Waals surface area contributed by atoms with Crippen LogP contribution in [0.2, 0.25) is 0 Å². The second kappa shape index (κ2) is 3.49. The van der Waals surface area contributed by atoms with Crippen LogP contribution in [-0.2, 0) is 0 Å².